The lowest BCUT2D eigenvalue weighted by molar-refractivity contribution is 0.277. The van der Waals surface area contributed by atoms with Crippen molar-refractivity contribution in [2.24, 2.45) is 7.05 Å². The van der Waals surface area contributed by atoms with Crippen LogP contribution in [-0.2, 0) is 26.8 Å². The van der Waals surface area contributed by atoms with Gasteiger partial charge in [0.25, 0.3) is 5.56 Å². The minimum Gasteiger partial charge on any atom is -0.425 e. The minimum absolute atomic E-state index is 0.0253. The van der Waals surface area contributed by atoms with Crippen LogP contribution in [0.15, 0.2) is 58.1 Å². The standard InChI is InChI=1S/C23H22F2N4O4/c1-27-20-19(21(31)28(23(27)32)10-3-11-30)29(14-15-6-8-17(25)9-7-15)22(26-20)33-18-5-2-4-16(12-18)13-24/h2,4-9,12,30H,3,10-11,13-14H2,1H3. The first kappa shape index (κ1) is 22.4. The van der Waals surface area contributed by atoms with Crippen molar-refractivity contribution in [3.8, 4) is 11.8 Å². The van der Waals surface area contributed by atoms with Crippen LogP contribution in [0.4, 0.5) is 8.78 Å². The van der Waals surface area contributed by atoms with Crippen LogP contribution in [0.25, 0.3) is 11.2 Å². The highest BCUT2D eigenvalue weighted by molar-refractivity contribution is 5.72. The van der Waals surface area contributed by atoms with Gasteiger partial charge in [0.05, 0.1) is 6.54 Å². The fourth-order valence-electron chi connectivity index (χ4n) is 3.57. The van der Waals surface area contributed by atoms with Gasteiger partial charge in [-0.15, -0.1) is 0 Å². The summed E-state index contributed by atoms with van der Waals surface area (Å²) in [7, 11) is 1.49. The Kier molecular flexibility index (Phi) is 6.36. The highest BCUT2D eigenvalue weighted by atomic mass is 19.1. The van der Waals surface area contributed by atoms with E-state index in [2.05, 4.69) is 4.98 Å². The van der Waals surface area contributed by atoms with Gasteiger partial charge in [-0.25, -0.2) is 13.6 Å². The summed E-state index contributed by atoms with van der Waals surface area (Å²) in [6.07, 6.45) is 0.228. The lowest BCUT2D eigenvalue weighted by atomic mass is 10.2. The van der Waals surface area contributed by atoms with E-state index in [1.54, 1.807) is 30.3 Å². The number of fused-ring (bicyclic) bond motifs is 1. The molecular weight excluding hydrogens is 434 g/mol. The van der Waals surface area contributed by atoms with E-state index in [0.717, 1.165) is 4.57 Å². The van der Waals surface area contributed by atoms with Crippen molar-refractivity contribution >= 4 is 11.2 Å². The molecule has 8 nitrogen and oxygen atoms in total. The van der Waals surface area contributed by atoms with E-state index in [0.29, 0.717) is 16.9 Å². The topological polar surface area (TPSA) is 91.3 Å². The van der Waals surface area contributed by atoms with Crippen molar-refractivity contribution in [2.75, 3.05) is 6.61 Å². The molecule has 0 aliphatic rings. The number of benzene rings is 2. The second kappa shape index (κ2) is 9.37. The molecule has 0 aliphatic carbocycles. The number of aliphatic hydroxyl groups excluding tert-OH is 1. The molecule has 10 heteroatoms. The molecule has 0 amide bonds. The van der Waals surface area contributed by atoms with E-state index in [9.17, 15) is 18.4 Å². The molecule has 2 aromatic carbocycles. The molecule has 0 fully saturated rings. The summed E-state index contributed by atoms with van der Waals surface area (Å²) >= 11 is 0. The Balaban J connectivity index is 1.92. The number of ether oxygens (including phenoxy) is 1. The maximum atomic E-state index is 13.4. The molecule has 0 saturated carbocycles. The summed E-state index contributed by atoms with van der Waals surface area (Å²) in [5.74, 6) is -0.0890. The Morgan fingerprint density at radius 2 is 1.82 bits per heavy atom. The number of hydrogen-bond donors (Lipinski definition) is 1. The summed E-state index contributed by atoms with van der Waals surface area (Å²) in [6, 6.07) is 12.1. The molecule has 0 bridgehead atoms. The number of nitrogens with zero attached hydrogens (tertiary/aromatic N) is 4. The predicted octanol–water partition coefficient (Wildman–Crippen LogP) is 2.73. The highest BCUT2D eigenvalue weighted by Crippen LogP contribution is 2.26. The first-order valence-corrected chi connectivity index (χ1v) is 10.3. The van der Waals surface area contributed by atoms with Gasteiger partial charge in [-0.3, -0.25) is 18.5 Å². The van der Waals surface area contributed by atoms with Gasteiger partial charge in [-0.05, 0) is 41.8 Å². The quantitative estimate of drug-likeness (QED) is 0.440. The molecule has 2 heterocycles. The van der Waals surface area contributed by atoms with Crippen LogP contribution in [-0.4, -0.2) is 30.4 Å². The molecule has 2 aromatic heterocycles. The van der Waals surface area contributed by atoms with E-state index in [1.165, 1.54) is 34.4 Å². The van der Waals surface area contributed by atoms with Gasteiger partial charge < -0.3 is 9.84 Å². The van der Waals surface area contributed by atoms with E-state index in [4.69, 9.17) is 9.84 Å². The zero-order chi connectivity index (χ0) is 23.5. The second-order valence-electron chi connectivity index (χ2n) is 7.54. The highest BCUT2D eigenvalue weighted by Gasteiger charge is 2.22. The number of hydrogen-bond acceptors (Lipinski definition) is 5. The summed E-state index contributed by atoms with van der Waals surface area (Å²) in [6.45, 7) is -0.703. The van der Waals surface area contributed by atoms with Gasteiger partial charge in [0, 0.05) is 20.2 Å². The molecule has 33 heavy (non-hydrogen) atoms. The SMILES string of the molecule is Cn1c(=O)n(CCCO)c(=O)c2c1nc(Oc1cccc(CF)c1)n2Cc1ccc(F)cc1. The summed E-state index contributed by atoms with van der Waals surface area (Å²) in [5.41, 5.74) is 0.169. The third-order valence-corrected chi connectivity index (χ3v) is 5.25. The van der Waals surface area contributed by atoms with Gasteiger partial charge >= 0.3 is 11.7 Å². The van der Waals surface area contributed by atoms with E-state index >= 15 is 0 Å². The predicted molar refractivity (Wildman–Crippen MR) is 118 cm³/mol. The normalized spacial score (nSPS) is 11.3. The molecule has 4 aromatic rings. The van der Waals surface area contributed by atoms with E-state index < -0.39 is 23.7 Å². The zero-order valence-electron chi connectivity index (χ0n) is 17.9. The molecule has 0 unspecified atom stereocenters. The number of aliphatic hydroxyl groups is 1. The maximum Gasteiger partial charge on any atom is 0.332 e. The second-order valence-corrected chi connectivity index (χ2v) is 7.54. The van der Waals surface area contributed by atoms with Crippen molar-refractivity contribution in [2.45, 2.75) is 26.2 Å². The van der Waals surface area contributed by atoms with Gasteiger partial charge in [-0.2, -0.15) is 4.98 Å². The van der Waals surface area contributed by atoms with Gasteiger partial charge in [0.2, 0.25) is 0 Å². The Hall–Kier alpha value is -3.79. The van der Waals surface area contributed by atoms with Gasteiger partial charge in [0.15, 0.2) is 11.2 Å². The number of imidazole rings is 1. The average molecular weight is 456 g/mol. The van der Waals surface area contributed by atoms with Crippen molar-refractivity contribution < 1.29 is 18.6 Å². The Labute approximate surface area is 186 Å². The lowest BCUT2D eigenvalue weighted by Crippen LogP contribution is -2.39. The third-order valence-electron chi connectivity index (χ3n) is 5.25. The molecule has 4 rings (SSSR count). The number of halogens is 2. The largest absolute Gasteiger partial charge is 0.425 e. The molecule has 0 radical (unpaired) electrons. The van der Waals surface area contributed by atoms with Crippen molar-refractivity contribution in [3.63, 3.8) is 0 Å². The van der Waals surface area contributed by atoms with Gasteiger partial charge in [-0.1, -0.05) is 24.3 Å². The minimum atomic E-state index is -0.673. The van der Waals surface area contributed by atoms with E-state index in [-0.39, 0.29) is 43.3 Å². The van der Waals surface area contributed by atoms with E-state index in [1.807, 2.05) is 0 Å². The number of aromatic nitrogens is 4. The fourth-order valence-corrected chi connectivity index (χ4v) is 3.57. The maximum absolute atomic E-state index is 13.4. The number of aryl methyl sites for hydroxylation is 1. The Morgan fingerprint density at radius 3 is 2.52 bits per heavy atom. The van der Waals surface area contributed by atoms with Crippen molar-refractivity contribution in [1.29, 1.82) is 0 Å². The van der Waals surface area contributed by atoms with Crippen LogP contribution >= 0.6 is 0 Å². The summed E-state index contributed by atoms with van der Waals surface area (Å²) in [4.78, 5) is 30.4. The Morgan fingerprint density at radius 1 is 1.06 bits per heavy atom. The fraction of sp³-hybridized carbons (Fsp3) is 0.261. The smallest absolute Gasteiger partial charge is 0.332 e. The zero-order valence-corrected chi connectivity index (χ0v) is 17.9. The molecule has 0 spiro atoms. The number of alkyl halides is 1. The van der Waals surface area contributed by atoms with Crippen LogP contribution < -0.4 is 16.0 Å². The van der Waals surface area contributed by atoms with Crippen molar-refractivity contribution in [3.05, 3.63) is 86.3 Å². The molecular formula is C23H22F2N4O4. The molecule has 0 atom stereocenters. The molecule has 172 valence electrons. The Bertz CT molecular complexity index is 1410. The van der Waals surface area contributed by atoms with Crippen molar-refractivity contribution in [1.82, 2.24) is 18.7 Å². The first-order chi connectivity index (χ1) is 15.9. The molecule has 0 aliphatic heterocycles. The lowest BCUT2D eigenvalue weighted by Gasteiger charge is -2.11. The van der Waals surface area contributed by atoms with Crippen LogP contribution in [0, 0.1) is 5.82 Å². The molecule has 1 N–H and O–H groups in total. The van der Waals surface area contributed by atoms with Crippen LogP contribution in [0.1, 0.15) is 17.5 Å². The van der Waals surface area contributed by atoms with Crippen LogP contribution in [0.2, 0.25) is 0 Å². The monoisotopic (exact) mass is 456 g/mol. The average Bonchev–Trinajstić information content (AvgIpc) is 3.17. The van der Waals surface area contributed by atoms with Gasteiger partial charge in [0.1, 0.15) is 18.2 Å². The first-order valence-electron chi connectivity index (χ1n) is 10.3. The third kappa shape index (κ3) is 4.42. The summed E-state index contributed by atoms with van der Waals surface area (Å²) in [5, 5.41) is 9.16. The van der Waals surface area contributed by atoms with Crippen LogP contribution in [0.3, 0.4) is 0 Å². The molecule has 0 saturated heterocycles. The number of rotatable bonds is 8. The van der Waals surface area contributed by atoms with Crippen LogP contribution in [0.5, 0.6) is 11.8 Å². The summed E-state index contributed by atoms with van der Waals surface area (Å²) < 4.78 is 36.2.